The van der Waals surface area contributed by atoms with Crippen LogP contribution in [0.4, 0.5) is 10.1 Å². The van der Waals surface area contributed by atoms with Crippen molar-refractivity contribution in [2.24, 2.45) is 0 Å². The van der Waals surface area contributed by atoms with Gasteiger partial charge in [0.25, 0.3) is 10.0 Å². The highest BCUT2D eigenvalue weighted by atomic mass is 32.2. The number of hydrogen-bond donors (Lipinski definition) is 1. The first kappa shape index (κ1) is 31.6. The number of benzene rings is 3. The molecule has 0 aliphatic rings. The molecule has 0 heterocycles. The predicted molar refractivity (Wildman–Crippen MR) is 158 cm³/mol. The maximum absolute atomic E-state index is 14.0. The third-order valence-corrected chi connectivity index (χ3v) is 8.17. The summed E-state index contributed by atoms with van der Waals surface area (Å²) >= 11 is 0. The second-order valence-corrected chi connectivity index (χ2v) is 12.6. The molecule has 0 saturated carbocycles. The zero-order valence-corrected chi connectivity index (χ0v) is 25.2. The number of carbonyl (C=O) groups excluding carboxylic acids is 2. The van der Waals surface area contributed by atoms with E-state index >= 15 is 0 Å². The van der Waals surface area contributed by atoms with Crippen molar-refractivity contribution in [3.63, 3.8) is 0 Å². The van der Waals surface area contributed by atoms with E-state index in [4.69, 9.17) is 4.74 Å². The van der Waals surface area contributed by atoms with Gasteiger partial charge in [0.05, 0.1) is 17.2 Å². The van der Waals surface area contributed by atoms with Crippen LogP contribution in [-0.4, -0.2) is 49.9 Å². The van der Waals surface area contributed by atoms with Gasteiger partial charge in [-0.25, -0.2) is 12.8 Å². The molecule has 2 amide bonds. The molecule has 3 rings (SSSR count). The average molecular weight is 584 g/mol. The largest absolute Gasteiger partial charge is 0.494 e. The van der Waals surface area contributed by atoms with Crippen LogP contribution in [-0.2, 0) is 26.2 Å². The number of amides is 2. The predicted octanol–water partition coefficient (Wildman–Crippen LogP) is 5.06. The molecule has 41 heavy (non-hydrogen) atoms. The molecule has 10 heteroatoms. The van der Waals surface area contributed by atoms with Crippen LogP contribution in [0.15, 0.2) is 77.7 Å². The van der Waals surface area contributed by atoms with E-state index in [2.05, 4.69) is 5.32 Å². The van der Waals surface area contributed by atoms with Gasteiger partial charge in [0.2, 0.25) is 11.8 Å². The first-order chi connectivity index (χ1) is 19.2. The Morgan fingerprint density at radius 2 is 1.59 bits per heavy atom. The second-order valence-electron chi connectivity index (χ2n) is 10.8. The Morgan fingerprint density at radius 3 is 2.15 bits per heavy atom. The number of nitrogens with zero attached hydrogens (tertiary/aromatic N) is 2. The van der Waals surface area contributed by atoms with E-state index in [9.17, 15) is 22.4 Å². The van der Waals surface area contributed by atoms with Crippen LogP contribution >= 0.6 is 0 Å². The Labute approximate surface area is 242 Å². The van der Waals surface area contributed by atoms with Crippen LogP contribution in [0.5, 0.6) is 5.75 Å². The number of ether oxygens (including phenoxy) is 1. The minimum atomic E-state index is -4.28. The van der Waals surface area contributed by atoms with E-state index in [-0.39, 0.29) is 23.0 Å². The third kappa shape index (κ3) is 8.29. The van der Waals surface area contributed by atoms with Crippen molar-refractivity contribution in [1.29, 1.82) is 0 Å². The lowest BCUT2D eigenvalue weighted by molar-refractivity contribution is -0.140. The number of carbonyl (C=O) groups is 2. The van der Waals surface area contributed by atoms with Gasteiger partial charge in [-0.3, -0.25) is 13.9 Å². The zero-order chi connectivity index (χ0) is 30.4. The molecule has 3 aromatic carbocycles. The lowest BCUT2D eigenvalue weighted by atomic mass is 10.1. The topological polar surface area (TPSA) is 96.0 Å². The van der Waals surface area contributed by atoms with Crippen molar-refractivity contribution < 1.29 is 27.1 Å². The molecule has 220 valence electrons. The van der Waals surface area contributed by atoms with E-state index in [1.165, 1.54) is 41.3 Å². The number of sulfonamides is 1. The van der Waals surface area contributed by atoms with Gasteiger partial charge in [-0.05, 0) is 101 Å². The molecule has 0 aromatic heterocycles. The van der Waals surface area contributed by atoms with Crippen LogP contribution in [0.3, 0.4) is 0 Å². The van der Waals surface area contributed by atoms with E-state index in [0.717, 1.165) is 27.6 Å². The molecule has 8 nitrogen and oxygen atoms in total. The molecule has 1 N–H and O–H groups in total. The van der Waals surface area contributed by atoms with Crippen LogP contribution < -0.4 is 14.4 Å². The Kier molecular flexibility index (Phi) is 10.1. The number of aryl methyl sites for hydroxylation is 1. The fraction of sp³-hybridized carbons (Fsp3) is 0.355. The zero-order valence-electron chi connectivity index (χ0n) is 24.3. The minimum absolute atomic E-state index is 0.0675. The maximum atomic E-state index is 14.0. The van der Waals surface area contributed by atoms with E-state index < -0.39 is 39.9 Å². The highest BCUT2D eigenvalue weighted by Gasteiger charge is 2.33. The van der Waals surface area contributed by atoms with Crippen LogP contribution in [0.25, 0.3) is 0 Å². The third-order valence-electron chi connectivity index (χ3n) is 6.38. The van der Waals surface area contributed by atoms with Gasteiger partial charge in [-0.15, -0.1) is 0 Å². The summed E-state index contributed by atoms with van der Waals surface area (Å²) in [5, 5.41) is 2.90. The molecule has 0 aliphatic heterocycles. The second kappa shape index (κ2) is 13.2. The van der Waals surface area contributed by atoms with Crippen molar-refractivity contribution in [3.05, 3.63) is 89.7 Å². The molecular weight excluding hydrogens is 545 g/mol. The number of halogens is 1. The van der Waals surface area contributed by atoms with Crippen molar-refractivity contribution in [2.45, 2.75) is 64.6 Å². The summed E-state index contributed by atoms with van der Waals surface area (Å²) in [7, 11) is -4.28. The summed E-state index contributed by atoms with van der Waals surface area (Å²) in [4.78, 5) is 28.5. The fourth-order valence-electron chi connectivity index (χ4n) is 4.17. The molecular formula is C31H38FN3O5S. The summed E-state index contributed by atoms with van der Waals surface area (Å²) in [6.07, 6.45) is 0. The highest BCUT2D eigenvalue weighted by molar-refractivity contribution is 7.92. The van der Waals surface area contributed by atoms with Gasteiger partial charge in [0, 0.05) is 12.1 Å². The van der Waals surface area contributed by atoms with Crippen molar-refractivity contribution in [2.75, 3.05) is 17.5 Å². The fourth-order valence-corrected chi connectivity index (χ4v) is 5.58. The molecule has 0 saturated heterocycles. The van der Waals surface area contributed by atoms with Crippen LogP contribution in [0, 0.1) is 12.7 Å². The van der Waals surface area contributed by atoms with Crippen LogP contribution in [0.2, 0.25) is 0 Å². The van der Waals surface area contributed by atoms with Gasteiger partial charge >= 0.3 is 0 Å². The Bertz CT molecular complexity index is 1450. The molecule has 0 bridgehead atoms. The summed E-state index contributed by atoms with van der Waals surface area (Å²) in [6.45, 7) is 10.7. The summed E-state index contributed by atoms with van der Waals surface area (Å²) in [5.74, 6) is -1.02. The SMILES string of the molecule is CCOc1ccc(S(=O)(=O)N(CC(=O)N(Cc2ccccc2C)[C@H](C)C(=O)NC(C)(C)C)c2ccc(F)cc2)cc1. The van der Waals surface area contributed by atoms with Crippen molar-refractivity contribution >= 4 is 27.5 Å². The molecule has 0 aliphatic carbocycles. The lowest BCUT2D eigenvalue weighted by Gasteiger charge is -2.33. The smallest absolute Gasteiger partial charge is 0.264 e. The van der Waals surface area contributed by atoms with E-state index in [1.54, 1.807) is 6.92 Å². The first-order valence-electron chi connectivity index (χ1n) is 13.4. The maximum Gasteiger partial charge on any atom is 0.264 e. The van der Waals surface area contributed by atoms with Gasteiger partial charge < -0.3 is 15.0 Å². The number of rotatable bonds is 11. The van der Waals surface area contributed by atoms with Gasteiger partial charge in [0.15, 0.2) is 0 Å². The average Bonchev–Trinajstić information content (AvgIpc) is 2.91. The summed E-state index contributed by atoms with van der Waals surface area (Å²) < 4.78 is 47.9. The first-order valence-corrected chi connectivity index (χ1v) is 14.8. The molecule has 3 aromatic rings. The van der Waals surface area contributed by atoms with E-state index in [0.29, 0.717) is 12.4 Å². The molecule has 1 atom stereocenters. The normalized spacial score (nSPS) is 12.4. The molecule has 0 radical (unpaired) electrons. The Balaban J connectivity index is 2.04. The summed E-state index contributed by atoms with van der Waals surface area (Å²) in [5.41, 5.74) is 1.31. The van der Waals surface area contributed by atoms with Gasteiger partial charge in [-0.2, -0.15) is 0 Å². The standard InChI is InChI=1S/C31H38FN3O5S/c1-7-40-27-16-18-28(19-17-27)41(38,39)35(26-14-12-25(32)13-15-26)21-29(36)34(20-24-11-9-8-10-22(24)2)23(3)30(37)33-31(4,5)6/h8-19,23H,7,20-21H2,1-6H3,(H,33,37)/t23-/m1/s1. The van der Waals surface area contributed by atoms with Crippen molar-refractivity contribution in [1.82, 2.24) is 10.2 Å². The quantitative estimate of drug-likeness (QED) is 0.341. The monoisotopic (exact) mass is 583 g/mol. The van der Waals surface area contributed by atoms with Gasteiger partial charge in [-0.1, -0.05) is 24.3 Å². The van der Waals surface area contributed by atoms with Crippen LogP contribution in [0.1, 0.15) is 45.7 Å². The van der Waals surface area contributed by atoms with Gasteiger partial charge in [0.1, 0.15) is 24.2 Å². The van der Waals surface area contributed by atoms with E-state index in [1.807, 2.05) is 58.9 Å². The molecule has 0 fully saturated rings. The lowest BCUT2D eigenvalue weighted by Crippen LogP contribution is -2.54. The molecule has 0 spiro atoms. The molecule has 0 unspecified atom stereocenters. The highest BCUT2D eigenvalue weighted by Crippen LogP contribution is 2.26. The van der Waals surface area contributed by atoms with Crippen molar-refractivity contribution in [3.8, 4) is 5.75 Å². The number of nitrogens with one attached hydrogen (secondary N) is 1. The Morgan fingerprint density at radius 1 is 0.976 bits per heavy atom. The number of hydrogen-bond acceptors (Lipinski definition) is 5. The summed E-state index contributed by atoms with van der Waals surface area (Å²) in [6, 6.07) is 17.3. The Hall–Kier alpha value is -3.92. The number of anilines is 1. The minimum Gasteiger partial charge on any atom is -0.494 e.